The summed E-state index contributed by atoms with van der Waals surface area (Å²) in [5.74, 6) is 1.02. The van der Waals surface area contributed by atoms with Crippen molar-refractivity contribution in [2.45, 2.75) is 23.6 Å². The van der Waals surface area contributed by atoms with Gasteiger partial charge in [0.1, 0.15) is 0 Å². The first kappa shape index (κ1) is 12.3. The molecule has 0 aromatic carbocycles. The van der Waals surface area contributed by atoms with E-state index < -0.39 is 0 Å². The number of thioether (sulfide) groups is 1. The zero-order valence-electron chi connectivity index (χ0n) is 8.93. The Morgan fingerprint density at radius 1 is 1.40 bits per heavy atom. The lowest BCUT2D eigenvalue weighted by molar-refractivity contribution is 0.829. The third kappa shape index (κ3) is 4.49. The number of aromatic nitrogens is 2. The lowest BCUT2D eigenvalue weighted by Crippen LogP contribution is -2.07. The van der Waals surface area contributed by atoms with Crippen LogP contribution in [0.1, 0.15) is 19.3 Å². The molecule has 0 radical (unpaired) electrons. The average molecular weight is 242 g/mol. The van der Waals surface area contributed by atoms with Crippen molar-refractivity contribution >= 4 is 28.2 Å². The molecule has 0 spiro atoms. The molecule has 15 heavy (non-hydrogen) atoms. The molecule has 1 aromatic heterocycles. The minimum atomic E-state index is 0.652. The third-order valence-corrected chi connectivity index (χ3v) is 4.00. The Kier molecular flexibility index (Phi) is 5.43. The molecule has 6 heteroatoms. The molecule has 0 fully saturated rings. The Labute approximate surface area is 98.3 Å². The Hall–Kier alpha value is -0.800. The van der Waals surface area contributed by atoms with Gasteiger partial charge in [0, 0.05) is 26.3 Å². The average Bonchev–Trinajstić information content (AvgIpc) is 2.66. The summed E-state index contributed by atoms with van der Waals surface area (Å²) in [6, 6.07) is 2.14. The number of anilines is 1. The standard InChI is InChI=1S/C9H14N4S2/c1-13(2)8-11-12-9(15-8)14-7-5-3-4-6-10/h3-5,7H2,1-2H3. The summed E-state index contributed by atoms with van der Waals surface area (Å²) in [6.07, 6.45) is 2.69. The van der Waals surface area contributed by atoms with Crippen LogP contribution in [0, 0.1) is 11.3 Å². The highest BCUT2D eigenvalue weighted by molar-refractivity contribution is 8.01. The van der Waals surface area contributed by atoms with Crippen molar-refractivity contribution < 1.29 is 0 Å². The Bertz CT molecular complexity index is 329. The van der Waals surface area contributed by atoms with E-state index >= 15 is 0 Å². The molecule has 4 nitrogen and oxygen atoms in total. The summed E-state index contributed by atoms with van der Waals surface area (Å²) in [7, 11) is 3.92. The number of hydrogen-bond donors (Lipinski definition) is 0. The van der Waals surface area contributed by atoms with E-state index in [9.17, 15) is 0 Å². The van der Waals surface area contributed by atoms with Gasteiger partial charge in [-0.1, -0.05) is 23.1 Å². The lowest BCUT2D eigenvalue weighted by Gasteiger charge is -2.03. The van der Waals surface area contributed by atoms with Crippen molar-refractivity contribution in [3.05, 3.63) is 0 Å². The molecule has 0 aliphatic rings. The zero-order valence-corrected chi connectivity index (χ0v) is 10.6. The third-order valence-electron chi connectivity index (χ3n) is 1.69. The number of unbranched alkanes of at least 4 members (excludes halogenated alkanes) is 2. The van der Waals surface area contributed by atoms with Crippen molar-refractivity contribution in [2.24, 2.45) is 0 Å². The van der Waals surface area contributed by atoms with Crippen molar-refractivity contribution in [2.75, 3.05) is 24.7 Å². The molecule has 0 atom stereocenters. The first-order chi connectivity index (χ1) is 7.24. The SMILES string of the molecule is CN(C)c1nnc(SCCCCC#N)s1. The molecule has 82 valence electrons. The van der Waals surface area contributed by atoms with Gasteiger partial charge in [-0.05, 0) is 12.8 Å². The summed E-state index contributed by atoms with van der Waals surface area (Å²) in [5, 5.41) is 17.4. The second kappa shape index (κ2) is 6.64. The van der Waals surface area contributed by atoms with Crippen LogP contribution in [0.5, 0.6) is 0 Å². The fourth-order valence-corrected chi connectivity index (χ4v) is 2.74. The normalized spacial score (nSPS) is 9.93. The van der Waals surface area contributed by atoms with Gasteiger partial charge >= 0.3 is 0 Å². The maximum atomic E-state index is 8.36. The largest absolute Gasteiger partial charge is 0.353 e. The number of nitrogens with zero attached hydrogens (tertiary/aromatic N) is 4. The van der Waals surface area contributed by atoms with Crippen LogP contribution >= 0.6 is 23.1 Å². The Morgan fingerprint density at radius 3 is 2.80 bits per heavy atom. The maximum absolute atomic E-state index is 8.36. The van der Waals surface area contributed by atoms with Crippen molar-refractivity contribution in [3.8, 4) is 6.07 Å². The molecule has 0 amide bonds. The fourth-order valence-electron chi connectivity index (χ4n) is 0.907. The van der Waals surface area contributed by atoms with Gasteiger partial charge in [0.2, 0.25) is 5.13 Å². The monoisotopic (exact) mass is 242 g/mol. The maximum Gasteiger partial charge on any atom is 0.208 e. The summed E-state index contributed by atoms with van der Waals surface area (Å²) in [4.78, 5) is 1.96. The molecule has 1 aromatic rings. The summed E-state index contributed by atoms with van der Waals surface area (Å²) in [5.41, 5.74) is 0. The van der Waals surface area contributed by atoms with E-state index in [0.29, 0.717) is 6.42 Å². The van der Waals surface area contributed by atoms with Crippen LogP contribution in [0.2, 0.25) is 0 Å². The number of rotatable bonds is 6. The Balaban J connectivity index is 2.23. The van der Waals surface area contributed by atoms with E-state index in [-0.39, 0.29) is 0 Å². The highest BCUT2D eigenvalue weighted by Gasteiger charge is 2.05. The first-order valence-corrected chi connectivity index (χ1v) is 6.55. The topological polar surface area (TPSA) is 52.8 Å². The fraction of sp³-hybridized carbons (Fsp3) is 0.667. The molecule has 0 aliphatic carbocycles. The molecule has 0 N–H and O–H groups in total. The molecular weight excluding hydrogens is 228 g/mol. The highest BCUT2D eigenvalue weighted by Crippen LogP contribution is 2.27. The van der Waals surface area contributed by atoms with Crippen LogP contribution in [-0.4, -0.2) is 30.0 Å². The molecule has 0 saturated heterocycles. The molecule has 0 bridgehead atoms. The number of hydrogen-bond acceptors (Lipinski definition) is 6. The van der Waals surface area contributed by atoms with E-state index in [1.165, 1.54) is 0 Å². The number of nitriles is 1. The molecule has 0 unspecified atom stereocenters. The molecule has 0 aliphatic heterocycles. The van der Waals surface area contributed by atoms with E-state index in [1.807, 2.05) is 19.0 Å². The lowest BCUT2D eigenvalue weighted by atomic mass is 10.3. The molecular formula is C9H14N4S2. The van der Waals surface area contributed by atoms with Gasteiger partial charge in [0.15, 0.2) is 4.34 Å². The predicted octanol–water partition coefficient (Wildman–Crippen LogP) is 2.39. The van der Waals surface area contributed by atoms with Gasteiger partial charge in [-0.25, -0.2) is 0 Å². The summed E-state index contributed by atoms with van der Waals surface area (Å²) < 4.78 is 1.01. The summed E-state index contributed by atoms with van der Waals surface area (Å²) in [6.45, 7) is 0. The Morgan fingerprint density at radius 2 is 2.20 bits per heavy atom. The van der Waals surface area contributed by atoms with Gasteiger partial charge in [-0.3, -0.25) is 0 Å². The van der Waals surface area contributed by atoms with Gasteiger partial charge in [-0.2, -0.15) is 5.26 Å². The summed E-state index contributed by atoms with van der Waals surface area (Å²) >= 11 is 3.32. The second-order valence-electron chi connectivity index (χ2n) is 3.21. The van der Waals surface area contributed by atoms with Gasteiger partial charge in [-0.15, -0.1) is 10.2 Å². The van der Waals surface area contributed by atoms with Crippen molar-refractivity contribution in [1.82, 2.24) is 10.2 Å². The predicted molar refractivity (Wildman–Crippen MR) is 64.4 cm³/mol. The van der Waals surface area contributed by atoms with Crippen LogP contribution in [0.3, 0.4) is 0 Å². The second-order valence-corrected chi connectivity index (χ2v) is 5.51. The van der Waals surface area contributed by atoms with E-state index in [4.69, 9.17) is 5.26 Å². The first-order valence-electron chi connectivity index (χ1n) is 4.74. The van der Waals surface area contributed by atoms with Gasteiger partial charge in [0.05, 0.1) is 6.07 Å². The van der Waals surface area contributed by atoms with Crippen LogP contribution < -0.4 is 4.90 Å². The van der Waals surface area contributed by atoms with Gasteiger partial charge < -0.3 is 4.90 Å². The van der Waals surface area contributed by atoms with Crippen LogP contribution in [0.25, 0.3) is 0 Å². The van der Waals surface area contributed by atoms with Crippen LogP contribution in [-0.2, 0) is 0 Å². The van der Waals surface area contributed by atoms with E-state index in [1.54, 1.807) is 23.1 Å². The van der Waals surface area contributed by atoms with Crippen LogP contribution in [0.15, 0.2) is 4.34 Å². The van der Waals surface area contributed by atoms with Crippen LogP contribution in [0.4, 0.5) is 5.13 Å². The minimum Gasteiger partial charge on any atom is -0.353 e. The minimum absolute atomic E-state index is 0.652. The van der Waals surface area contributed by atoms with E-state index in [0.717, 1.165) is 28.1 Å². The molecule has 1 rings (SSSR count). The zero-order chi connectivity index (χ0) is 11.1. The van der Waals surface area contributed by atoms with Crippen molar-refractivity contribution in [3.63, 3.8) is 0 Å². The smallest absolute Gasteiger partial charge is 0.208 e. The molecule has 0 saturated carbocycles. The molecule has 1 heterocycles. The van der Waals surface area contributed by atoms with Gasteiger partial charge in [0.25, 0.3) is 0 Å². The quantitative estimate of drug-likeness (QED) is 0.566. The van der Waals surface area contributed by atoms with Crippen molar-refractivity contribution in [1.29, 1.82) is 5.26 Å². The van der Waals surface area contributed by atoms with E-state index in [2.05, 4.69) is 16.3 Å². The highest BCUT2D eigenvalue weighted by atomic mass is 32.2.